The highest BCUT2D eigenvalue weighted by molar-refractivity contribution is 8.00. The minimum Gasteiger partial charge on any atom is -0.358 e. The van der Waals surface area contributed by atoms with Gasteiger partial charge in [-0.3, -0.25) is 0 Å². The fourth-order valence-corrected chi connectivity index (χ4v) is 4.76. The van der Waals surface area contributed by atoms with Crippen LogP contribution < -0.4 is 4.90 Å². The molecule has 3 atom stereocenters. The molecule has 0 bridgehead atoms. The molecule has 0 spiro atoms. The van der Waals surface area contributed by atoms with Gasteiger partial charge >= 0.3 is 0 Å². The van der Waals surface area contributed by atoms with Crippen molar-refractivity contribution in [3.8, 4) is 0 Å². The lowest BCUT2D eigenvalue weighted by molar-refractivity contribution is 0.413. The van der Waals surface area contributed by atoms with Gasteiger partial charge in [0.2, 0.25) is 0 Å². The molecule has 0 aromatic heterocycles. The molecule has 1 heterocycles. The summed E-state index contributed by atoms with van der Waals surface area (Å²) in [4.78, 5) is 2.69. The molecule has 2 heteroatoms. The van der Waals surface area contributed by atoms with Gasteiger partial charge in [0.15, 0.2) is 0 Å². The molecule has 0 N–H and O–H groups in total. The van der Waals surface area contributed by atoms with Crippen molar-refractivity contribution in [2.45, 2.75) is 43.4 Å². The van der Waals surface area contributed by atoms with Crippen molar-refractivity contribution in [1.82, 2.24) is 0 Å². The molecular weight excluding hydrogens is 250 g/mol. The van der Waals surface area contributed by atoms with Gasteiger partial charge in [0.1, 0.15) is 0 Å². The number of hydrogen-bond donors (Lipinski definition) is 0. The Morgan fingerprint density at radius 3 is 2.95 bits per heavy atom. The molecule has 1 nitrogen and oxygen atoms in total. The summed E-state index contributed by atoms with van der Waals surface area (Å²) in [5.74, 6) is 2.57. The molecule has 1 aromatic rings. The van der Waals surface area contributed by atoms with Crippen LogP contribution >= 0.6 is 11.8 Å². The summed E-state index contributed by atoms with van der Waals surface area (Å²) >= 11 is 2.16. The quantitative estimate of drug-likeness (QED) is 0.749. The monoisotopic (exact) mass is 271 g/mol. The first-order chi connectivity index (χ1) is 9.34. The summed E-state index contributed by atoms with van der Waals surface area (Å²) < 4.78 is 0. The fraction of sp³-hybridized carbons (Fsp3) is 0.529. The zero-order valence-corrected chi connectivity index (χ0v) is 12.3. The second-order valence-electron chi connectivity index (χ2n) is 6.18. The van der Waals surface area contributed by atoms with Crippen LogP contribution in [0.2, 0.25) is 0 Å². The van der Waals surface area contributed by atoms with Gasteiger partial charge in [0, 0.05) is 22.9 Å². The van der Waals surface area contributed by atoms with Gasteiger partial charge in [-0.15, -0.1) is 11.8 Å². The number of benzene rings is 1. The Kier molecular flexibility index (Phi) is 2.87. The molecule has 19 heavy (non-hydrogen) atoms. The zero-order chi connectivity index (χ0) is 12.8. The van der Waals surface area contributed by atoms with Gasteiger partial charge in [0.25, 0.3) is 0 Å². The Balaban J connectivity index is 1.68. The van der Waals surface area contributed by atoms with Gasteiger partial charge in [-0.25, -0.2) is 0 Å². The number of nitrogens with zero attached hydrogens (tertiary/aromatic N) is 1. The van der Waals surface area contributed by atoms with E-state index in [0.717, 1.165) is 11.2 Å². The zero-order valence-electron chi connectivity index (χ0n) is 11.5. The Hall–Kier alpha value is -0.890. The first kappa shape index (κ1) is 11.9. The third-order valence-corrected chi connectivity index (χ3v) is 6.11. The molecule has 0 radical (unpaired) electrons. The largest absolute Gasteiger partial charge is 0.358 e. The number of para-hydroxylation sites is 1. The predicted octanol–water partition coefficient (Wildman–Crippen LogP) is 4.41. The third-order valence-electron chi connectivity index (χ3n) is 4.74. The number of thioether (sulfide) groups is 1. The molecular formula is C17H21NS. The maximum atomic E-state index is 2.69. The minimum absolute atomic E-state index is 0.625. The van der Waals surface area contributed by atoms with Crippen molar-refractivity contribution in [2.75, 3.05) is 10.8 Å². The summed E-state index contributed by atoms with van der Waals surface area (Å²) in [6.07, 6.45) is 8.94. The number of fused-ring (bicyclic) bond motifs is 3. The third kappa shape index (κ3) is 2.01. The van der Waals surface area contributed by atoms with Crippen molar-refractivity contribution in [1.29, 1.82) is 0 Å². The molecule has 4 rings (SSSR count). The van der Waals surface area contributed by atoms with Crippen LogP contribution in [0.25, 0.3) is 0 Å². The molecule has 3 aliphatic rings. The van der Waals surface area contributed by atoms with E-state index in [1.165, 1.54) is 30.8 Å². The van der Waals surface area contributed by atoms with E-state index in [4.69, 9.17) is 0 Å². The topological polar surface area (TPSA) is 3.24 Å². The lowest BCUT2D eigenvalue weighted by atomic mass is 9.81. The summed E-state index contributed by atoms with van der Waals surface area (Å²) in [5, 5.41) is 0.945. The molecule has 1 aromatic carbocycles. The van der Waals surface area contributed by atoms with Gasteiger partial charge in [-0.05, 0) is 36.8 Å². The second-order valence-corrected chi connectivity index (χ2v) is 7.44. The van der Waals surface area contributed by atoms with E-state index >= 15 is 0 Å². The second kappa shape index (κ2) is 4.59. The first-order valence-corrected chi connectivity index (χ1v) is 8.53. The number of allylic oxidation sites excluding steroid dienone is 1. The highest BCUT2D eigenvalue weighted by Crippen LogP contribution is 2.48. The van der Waals surface area contributed by atoms with E-state index in [1.807, 2.05) is 0 Å². The van der Waals surface area contributed by atoms with Crippen LogP contribution in [0.1, 0.15) is 37.7 Å². The van der Waals surface area contributed by atoms with Crippen molar-refractivity contribution in [3.05, 3.63) is 42.0 Å². The standard InChI is InChI=1S/C17H21NS/c1-12-5-4-7-15-14-6-2-3-8-16(14)18(17(12)15)11-19-13-9-10-13/h2-4,6-8,12-13,15,17H,5,9-11H2,1H3. The number of rotatable bonds is 3. The lowest BCUT2D eigenvalue weighted by Crippen LogP contribution is -2.40. The highest BCUT2D eigenvalue weighted by Gasteiger charge is 2.41. The fourth-order valence-electron chi connectivity index (χ4n) is 3.60. The van der Waals surface area contributed by atoms with Crippen LogP contribution in [-0.2, 0) is 0 Å². The number of anilines is 1. The van der Waals surface area contributed by atoms with E-state index in [-0.39, 0.29) is 0 Å². The van der Waals surface area contributed by atoms with E-state index in [2.05, 4.69) is 60.0 Å². The van der Waals surface area contributed by atoms with E-state index in [1.54, 1.807) is 5.56 Å². The summed E-state index contributed by atoms with van der Waals surface area (Å²) in [7, 11) is 0. The Morgan fingerprint density at radius 2 is 2.11 bits per heavy atom. The Labute approximate surface area is 120 Å². The van der Waals surface area contributed by atoms with Gasteiger partial charge in [0.05, 0.1) is 5.88 Å². The minimum atomic E-state index is 0.625. The van der Waals surface area contributed by atoms with Crippen LogP contribution in [0.4, 0.5) is 5.69 Å². The van der Waals surface area contributed by atoms with Crippen molar-refractivity contribution in [3.63, 3.8) is 0 Å². The van der Waals surface area contributed by atoms with Gasteiger partial charge in [-0.1, -0.05) is 37.3 Å². The van der Waals surface area contributed by atoms with Crippen LogP contribution in [0.3, 0.4) is 0 Å². The van der Waals surface area contributed by atoms with Crippen LogP contribution in [-0.4, -0.2) is 17.2 Å². The van der Waals surface area contributed by atoms with Crippen molar-refractivity contribution < 1.29 is 0 Å². The predicted molar refractivity (Wildman–Crippen MR) is 83.9 cm³/mol. The highest BCUT2D eigenvalue weighted by atomic mass is 32.2. The first-order valence-electron chi connectivity index (χ1n) is 7.48. The summed E-state index contributed by atoms with van der Waals surface area (Å²) in [6.45, 7) is 2.42. The Bertz CT molecular complexity index is 506. The molecule has 3 unspecified atom stereocenters. The maximum absolute atomic E-state index is 2.69. The average molecular weight is 271 g/mol. The van der Waals surface area contributed by atoms with Gasteiger partial charge in [-0.2, -0.15) is 0 Å². The van der Waals surface area contributed by atoms with Crippen molar-refractivity contribution >= 4 is 17.4 Å². The van der Waals surface area contributed by atoms with Crippen LogP contribution in [0.5, 0.6) is 0 Å². The molecule has 1 saturated carbocycles. The van der Waals surface area contributed by atoms with Crippen molar-refractivity contribution in [2.24, 2.45) is 5.92 Å². The van der Waals surface area contributed by atoms with Crippen LogP contribution in [0.15, 0.2) is 36.4 Å². The van der Waals surface area contributed by atoms with Gasteiger partial charge < -0.3 is 4.90 Å². The molecule has 2 aliphatic carbocycles. The molecule has 0 saturated heterocycles. The normalized spacial score (nSPS) is 32.3. The smallest absolute Gasteiger partial charge is 0.0646 e. The maximum Gasteiger partial charge on any atom is 0.0646 e. The number of hydrogen-bond acceptors (Lipinski definition) is 2. The lowest BCUT2D eigenvalue weighted by Gasteiger charge is -2.35. The molecule has 0 amide bonds. The van der Waals surface area contributed by atoms with E-state index in [0.29, 0.717) is 12.0 Å². The van der Waals surface area contributed by atoms with Crippen LogP contribution in [0, 0.1) is 5.92 Å². The molecule has 1 aliphatic heterocycles. The molecule has 1 fully saturated rings. The summed E-state index contributed by atoms with van der Waals surface area (Å²) in [6, 6.07) is 9.73. The van der Waals surface area contributed by atoms with E-state index < -0.39 is 0 Å². The average Bonchev–Trinajstić information content (AvgIpc) is 3.20. The summed E-state index contributed by atoms with van der Waals surface area (Å²) in [5.41, 5.74) is 3.04. The van der Waals surface area contributed by atoms with E-state index in [9.17, 15) is 0 Å². The Morgan fingerprint density at radius 1 is 1.26 bits per heavy atom. The molecule has 100 valence electrons. The SMILES string of the molecule is CC1CC=CC2c3ccccc3N(CSC3CC3)C12.